The van der Waals surface area contributed by atoms with Gasteiger partial charge >= 0.3 is 0 Å². The van der Waals surface area contributed by atoms with Crippen molar-refractivity contribution in [1.29, 1.82) is 0 Å². The van der Waals surface area contributed by atoms with Crippen LogP contribution in [0.4, 0.5) is 0 Å². The fraction of sp³-hybridized carbons (Fsp3) is 0.222. The quantitative estimate of drug-likeness (QED) is 0.730. The fourth-order valence-corrected chi connectivity index (χ4v) is 3.17. The zero-order valence-electron chi connectivity index (χ0n) is 12.6. The van der Waals surface area contributed by atoms with Crippen molar-refractivity contribution in [3.05, 3.63) is 66.4 Å². The molecule has 3 heterocycles. The number of fused-ring (bicyclic) bond motifs is 1. The summed E-state index contributed by atoms with van der Waals surface area (Å²) in [6.07, 6.45) is 6.85. The van der Waals surface area contributed by atoms with Crippen molar-refractivity contribution in [2.24, 2.45) is 0 Å². The number of hydrogen-bond donors (Lipinski definition) is 0. The van der Waals surface area contributed by atoms with Crippen LogP contribution in [0.2, 0.25) is 0 Å². The summed E-state index contributed by atoms with van der Waals surface area (Å²) in [6, 6.07) is 11.7. The third kappa shape index (κ3) is 2.54. The third-order valence-electron chi connectivity index (χ3n) is 4.30. The number of nitrogens with zero attached hydrogens (tertiary/aromatic N) is 4. The number of para-hydroxylation sites is 1. The van der Waals surface area contributed by atoms with Gasteiger partial charge in [-0.2, -0.15) is 0 Å². The first-order valence-corrected chi connectivity index (χ1v) is 7.74. The Morgan fingerprint density at radius 2 is 2.09 bits per heavy atom. The predicted molar refractivity (Wildman–Crippen MR) is 86.8 cm³/mol. The molecule has 0 aliphatic carbocycles. The van der Waals surface area contributed by atoms with E-state index in [1.54, 1.807) is 12.4 Å². The minimum atomic E-state index is 0.0179. The highest BCUT2D eigenvalue weighted by Crippen LogP contribution is 2.31. The summed E-state index contributed by atoms with van der Waals surface area (Å²) in [5.41, 5.74) is 2.43. The smallest absolute Gasteiger partial charge is 0.256 e. The Kier molecular flexibility index (Phi) is 3.46. The van der Waals surface area contributed by atoms with Crippen molar-refractivity contribution >= 4 is 16.8 Å². The first-order valence-electron chi connectivity index (χ1n) is 7.74. The molecule has 0 N–H and O–H groups in total. The Hall–Kier alpha value is -2.82. The van der Waals surface area contributed by atoms with Gasteiger partial charge in [0.05, 0.1) is 22.8 Å². The second kappa shape index (κ2) is 5.76. The lowest BCUT2D eigenvalue weighted by Crippen LogP contribution is -2.31. The lowest BCUT2D eigenvalue weighted by molar-refractivity contribution is 0.0732. The third-order valence-corrected chi connectivity index (χ3v) is 4.30. The second-order valence-electron chi connectivity index (χ2n) is 5.71. The van der Waals surface area contributed by atoms with Gasteiger partial charge in [0.25, 0.3) is 5.91 Å². The minimum absolute atomic E-state index is 0.0179. The van der Waals surface area contributed by atoms with Crippen LogP contribution in [-0.2, 0) is 0 Å². The highest BCUT2D eigenvalue weighted by molar-refractivity contribution is 5.97. The van der Waals surface area contributed by atoms with Crippen LogP contribution in [0.15, 0.2) is 55.1 Å². The van der Waals surface area contributed by atoms with Crippen LogP contribution >= 0.6 is 0 Å². The van der Waals surface area contributed by atoms with Crippen LogP contribution in [0.5, 0.6) is 0 Å². The summed E-state index contributed by atoms with van der Waals surface area (Å²) in [5.74, 6) is 0.0179. The van der Waals surface area contributed by atoms with E-state index in [-0.39, 0.29) is 11.9 Å². The molecule has 3 aromatic rings. The van der Waals surface area contributed by atoms with Gasteiger partial charge in [0.15, 0.2) is 0 Å². The molecule has 23 heavy (non-hydrogen) atoms. The lowest BCUT2D eigenvalue weighted by atomic mass is 10.1. The van der Waals surface area contributed by atoms with Crippen LogP contribution < -0.4 is 0 Å². The molecule has 1 amide bonds. The van der Waals surface area contributed by atoms with Crippen molar-refractivity contribution in [3.8, 4) is 0 Å². The normalized spacial score (nSPS) is 17.6. The van der Waals surface area contributed by atoms with E-state index in [0.717, 1.165) is 36.0 Å². The molecule has 5 nitrogen and oxygen atoms in total. The van der Waals surface area contributed by atoms with Crippen molar-refractivity contribution in [2.45, 2.75) is 18.9 Å². The Bertz CT molecular complexity index is 850. The van der Waals surface area contributed by atoms with E-state index in [4.69, 9.17) is 0 Å². The number of amides is 1. The van der Waals surface area contributed by atoms with Gasteiger partial charge in [0.1, 0.15) is 6.33 Å². The summed E-state index contributed by atoms with van der Waals surface area (Å²) in [4.78, 5) is 27.5. The standard InChI is InChI=1S/C18H16N4O/c23-18(14-10-13-4-1-2-5-15(13)20-11-14)22-9-3-6-17(22)16-7-8-19-12-21-16/h1-2,4-5,7-8,10-12,17H,3,6,9H2/t17-/m0/s1. The molecule has 1 atom stereocenters. The predicted octanol–water partition coefficient (Wildman–Crippen LogP) is 3.00. The van der Waals surface area contributed by atoms with Crippen LogP contribution in [-0.4, -0.2) is 32.3 Å². The molecule has 0 bridgehead atoms. The zero-order valence-corrected chi connectivity index (χ0v) is 12.6. The topological polar surface area (TPSA) is 59.0 Å². The molecule has 1 aliphatic heterocycles. The van der Waals surface area contributed by atoms with E-state index >= 15 is 0 Å². The van der Waals surface area contributed by atoms with Crippen LogP contribution in [0.3, 0.4) is 0 Å². The lowest BCUT2D eigenvalue weighted by Gasteiger charge is -2.24. The van der Waals surface area contributed by atoms with E-state index in [1.165, 1.54) is 6.33 Å². The first kappa shape index (κ1) is 13.8. The number of aromatic nitrogens is 3. The number of carbonyl (C=O) groups excluding carboxylic acids is 1. The zero-order chi connectivity index (χ0) is 15.6. The van der Waals surface area contributed by atoms with Crippen LogP contribution in [0, 0.1) is 0 Å². The van der Waals surface area contributed by atoms with Crippen LogP contribution in [0.25, 0.3) is 10.9 Å². The SMILES string of the molecule is O=C(c1cnc2ccccc2c1)N1CCC[C@H]1c1ccncn1. The number of benzene rings is 1. The number of rotatable bonds is 2. The van der Waals surface area contributed by atoms with Gasteiger partial charge in [-0.25, -0.2) is 9.97 Å². The molecule has 5 heteroatoms. The van der Waals surface area contributed by atoms with Crippen molar-refractivity contribution < 1.29 is 4.79 Å². The number of hydrogen-bond acceptors (Lipinski definition) is 4. The molecular formula is C18H16N4O. The molecule has 1 fully saturated rings. The van der Waals surface area contributed by atoms with Crippen molar-refractivity contribution in [2.75, 3.05) is 6.54 Å². The molecule has 114 valence electrons. The van der Waals surface area contributed by atoms with Crippen molar-refractivity contribution in [3.63, 3.8) is 0 Å². The Balaban J connectivity index is 1.66. The molecule has 1 aromatic carbocycles. The van der Waals surface area contributed by atoms with Gasteiger partial charge in [-0.1, -0.05) is 18.2 Å². The summed E-state index contributed by atoms with van der Waals surface area (Å²) in [7, 11) is 0. The van der Waals surface area contributed by atoms with Gasteiger partial charge in [-0.3, -0.25) is 9.78 Å². The molecule has 1 saturated heterocycles. The minimum Gasteiger partial charge on any atom is -0.330 e. The molecule has 0 saturated carbocycles. The van der Waals surface area contributed by atoms with E-state index < -0.39 is 0 Å². The summed E-state index contributed by atoms with van der Waals surface area (Å²) >= 11 is 0. The Morgan fingerprint density at radius 1 is 1.17 bits per heavy atom. The largest absolute Gasteiger partial charge is 0.330 e. The Morgan fingerprint density at radius 3 is 2.96 bits per heavy atom. The fourth-order valence-electron chi connectivity index (χ4n) is 3.17. The molecule has 1 aliphatic rings. The van der Waals surface area contributed by atoms with Gasteiger partial charge in [-0.05, 0) is 31.0 Å². The van der Waals surface area contributed by atoms with E-state index in [9.17, 15) is 4.79 Å². The molecule has 0 radical (unpaired) electrons. The van der Waals surface area contributed by atoms with E-state index in [1.807, 2.05) is 41.3 Å². The maximum absolute atomic E-state index is 12.9. The average Bonchev–Trinajstić information content (AvgIpc) is 3.11. The molecule has 2 aromatic heterocycles. The molecular weight excluding hydrogens is 288 g/mol. The van der Waals surface area contributed by atoms with E-state index in [0.29, 0.717) is 5.56 Å². The first-order chi connectivity index (χ1) is 11.3. The number of pyridine rings is 1. The van der Waals surface area contributed by atoms with Gasteiger partial charge in [0, 0.05) is 24.3 Å². The number of carbonyl (C=O) groups is 1. The second-order valence-corrected chi connectivity index (χ2v) is 5.71. The summed E-state index contributed by atoms with van der Waals surface area (Å²) in [5, 5.41) is 0.983. The number of likely N-dealkylation sites (tertiary alicyclic amines) is 1. The maximum Gasteiger partial charge on any atom is 0.256 e. The van der Waals surface area contributed by atoms with Gasteiger partial charge in [0.2, 0.25) is 0 Å². The summed E-state index contributed by atoms with van der Waals surface area (Å²) in [6.45, 7) is 0.750. The highest BCUT2D eigenvalue weighted by atomic mass is 16.2. The monoisotopic (exact) mass is 304 g/mol. The van der Waals surface area contributed by atoms with Gasteiger partial charge < -0.3 is 4.90 Å². The Labute approximate surface area is 134 Å². The van der Waals surface area contributed by atoms with Crippen molar-refractivity contribution in [1.82, 2.24) is 19.9 Å². The molecule has 4 rings (SSSR count). The van der Waals surface area contributed by atoms with E-state index in [2.05, 4.69) is 15.0 Å². The van der Waals surface area contributed by atoms with Crippen LogP contribution in [0.1, 0.15) is 34.9 Å². The maximum atomic E-state index is 12.9. The average molecular weight is 304 g/mol. The summed E-state index contributed by atoms with van der Waals surface area (Å²) < 4.78 is 0. The molecule has 0 unspecified atom stereocenters. The van der Waals surface area contributed by atoms with Gasteiger partial charge in [-0.15, -0.1) is 0 Å². The molecule has 0 spiro atoms. The highest BCUT2D eigenvalue weighted by Gasteiger charge is 2.31.